The van der Waals surface area contributed by atoms with Gasteiger partial charge in [0.1, 0.15) is 5.82 Å². The minimum Gasteiger partial charge on any atom is -0.375 e. The van der Waals surface area contributed by atoms with Crippen molar-refractivity contribution < 1.29 is 9.53 Å². The Bertz CT molecular complexity index is 1030. The van der Waals surface area contributed by atoms with Crippen molar-refractivity contribution in [3.63, 3.8) is 0 Å². The van der Waals surface area contributed by atoms with Gasteiger partial charge >= 0.3 is 0 Å². The topological polar surface area (TPSA) is 67.4 Å². The second-order valence-electron chi connectivity index (χ2n) is 7.65. The van der Waals surface area contributed by atoms with E-state index >= 15 is 0 Å². The summed E-state index contributed by atoms with van der Waals surface area (Å²) >= 11 is 0. The van der Waals surface area contributed by atoms with Crippen LogP contribution in [0, 0.1) is 13.8 Å². The molecule has 6 nitrogen and oxygen atoms in total. The Kier molecular flexibility index (Phi) is 5.45. The fraction of sp³-hybridized carbons (Fsp3) is 0.348. The van der Waals surface area contributed by atoms with Crippen molar-refractivity contribution in [1.82, 2.24) is 15.3 Å². The van der Waals surface area contributed by atoms with Crippen molar-refractivity contribution in [2.24, 2.45) is 0 Å². The van der Waals surface area contributed by atoms with E-state index in [0.717, 1.165) is 53.2 Å². The molecule has 0 bridgehead atoms. The summed E-state index contributed by atoms with van der Waals surface area (Å²) in [7, 11) is 0. The van der Waals surface area contributed by atoms with Gasteiger partial charge in [-0.1, -0.05) is 17.7 Å². The summed E-state index contributed by atoms with van der Waals surface area (Å²) in [6.07, 6.45) is 2.04. The van der Waals surface area contributed by atoms with Crippen LogP contribution in [0.15, 0.2) is 42.6 Å². The third-order valence-electron chi connectivity index (χ3n) is 5.23. The molecule has 1 aliphatic rings. The predicted octanol–water partition coefficient (Wildman–Crippen LogP) is 3.40. The lowest BCUT2D eigenvalue weighted by Gasteiger charge is -2.32. The monoisotopic (exact) mass is 390 g/mol. The first-order chi connectivity index (χ1) is 14.0. The molecule has 6 heteroatoms. The van der Waals surface area contributed by atoms with E-state index in [-0.39, 0.29) is 12.0 Å². The molecule has 1 N–H and O–H groups in total. The molecule has 2 aromatic heterocycles. The van der Waals surface area contributed by atoms with E-state index in [1.165, 1.54) is 0 Å². The molecule has 3 heterocycles. The van der Waals surface area contributed by atoms with Gasteiger partial charge in [0, 0.05) is 31.2 Å². The number of rotatable bonds is 4. The number of nitrogens with zero attached hydrogens (tertiary/aromatic N) is 3. The molecule has 0 aliphatic carbocycles. The number of aryl methyl sites for hydroxylation is 2. The van der Waals surface area contributed by atoms with Gasteiger partial charge in [0.2, 0.25) is 0 Å². The number of pyridine rings is 2. The average molecular weight is 390 g/mol. The molecule has 150 valence electrons. The second-order valence-corrected chi connectivity index (χ2v) is 7.65. The number of ether oxygens (including phenoxy) is 1. The highest BCUT2D eigenvalue weighted by Crippen LogP contribution is 2.19. The summed E-state index contributed by atoms with van der Waals surface area (Å²) in [5.41, 5.74) is 4.35. The SMILES string of the molecule is Cc1ccc2nc(C)c(C(=O)NCc3ccc(N4CCOC(C)C4)nc3)cc2c1. The maximum Gasteiger partial charge on any atom is 0.253 e. The quantitative estimate of drug-likeness (QED) is 0.740. The number of morpholine rings is 1. The highest BCUT2D eigenvalue weighted by atomic mass is 16.5. The van der Waals surface area contributed by atoms with E-state index < -0.39 is 0 Å². The van der Waals surface area contributed by atoms with Crippen LogP contribution in [0.5, 0.6) is 0 Å². The summed E-state index contributed by atoms with van der Waals surface area (Å²) in [6.45, 7) is 8.82. The third kappa shape index (κ3) is 4.38. The Morgan fingerprint density at radius 3 is 2.86 bits per heavy atom. The van der Waals surface area contributed by atoms with Crippen molar-refractivity contribution in [3.8, 4) is 0 Å². The lowest BCUT2D eigenvalue weighted by atomic mass is 10.1. The number of carbonyl (C=O) groups excluding carboxylic acids is 1. The molecule has 29 heavy (non-hydrogen) atoms. The molecular formula is C23H26N4O2. The molecule has 0 spiro atoms. The standard InChI is InChI=1S/C23H26N4O2/c1-15-4-6-21-19(10-15)11-20(17(3)26-21)23(28)25-13-18-5-7-22(24-12-18)27-8-9-29-16(2)14-27/h4-7,10-12,16H,8-9,13-14H2,1-3H3,(H,25,28). The van der Waals surface area contributed by atoms with Gasteiger partial charge in [-0.25, -0.2) is 4.98 Å². The van der Waals surface area contributed by atoms with Gasteiger partial charge in [-0.05, 0) is 50.6 Å². The molecule has 1 saturated heterocycles. The molecule has 1 amide bonds. The van der Waals surface area contributed by atoms with Gasteiger partial charge in [-0.2, -0.15) is 0 Å². The lowest BCUT2D eigenvalue weighted by molar-refractivity contribution is 0.0529. The van der Waals surface area contributed by atoms with Crippen LogP contribution in [0.4, 0.5) is 5.82 Å². The average Bonchev–Trinajstić information content (AvgIpc) is 2.72. The summed E-state index contributed by atoms with van der Waals surface area (Å²) in [4.78, 5) is 24.1. The normalized spacial score (nSPS) is 16.8. The largest absolute Gasteiger partial charge is 0.375 e. The Labute approximate surface area is 170 Å². The molecule has 1 unspecified atom stereocenters. The van der Waals surface area contributed by atoms with Crippen LogP contribution in [0.3, 0.4) is 0 Å². The van der Waals surface area contributed by atoms with E-state index in [1.54, 1.807) is 0 Å². The van der Waals surface area contributed by atoms with Crippen LogP contribution in [-0.2, 0) is 11.3 Å². The van der Waals surface area contributed by atoms with Crippen LogP contribution < -0.4 is 10.2 Å². The maximum absolute atomic E-state index is 12.7. The number of hydrogen-bond acceptors (Lipinski definition) is 5. The molecule has 0 radical (unpaired) electrons. The van der Waals surface area contributed by atoms with Crippen molar-refractivity contribution in [1.29, 1.82) is 0 Å². The summed E-state index contributed by atoms with van der Waals surface area (Å²) in [5.74, 6) is 0.824. The van der Waals surface area contributed by atoms with E-state index in [2.05, 4.69) is 27.1 Å². The molecule has 1 fully saturated rings. The molecule has 4 rings (SSSR count). The zero-order valence-electron chi connectivity index (χ0n) is 17.1. The fourth-order valence-corrected chi connectivity index (χ4v) is 3.63. The van der Waals surface area contributed by atoms with Gasteiger partial charge in [0.15, 0.2) is 0 Å². The van der Waals surface area contributed by atoms with Gasteiger partial charge in [0.25, 0.3) is 5.91 Å². The number of hydrogen-bond donors (Lipinski definition) is 1. The number of carbonyl (C=O) groups is 1. The van der Waals surface area contributed by atoms with Gasteiger partial charge < -0.3 is 15.0 Å². The van der Waals surface area contributed by atoms with Crippen LogP contribution in [0.1, 0.15) is 34.1 Å². The number of nitrogens with one attached hydrogen (secondary N) is 1. The first kappa shape index (κ1) is 19.3. The minimum absolute atomic E-state index is 0.121. The first-order valence-electron chi connectivity index (χ1n) is 9.97. The van der Waals surface area contributed by atoms with Crippen LogP contribution in [0.25, 0.3) is 10.9 Å². The molecule has 1 aromatic carbocycles. The maximum atomic E-state index is 12.7. The van der Waals surface area contributed by atoms with E-state index in [0.29, 0.717) is 12.1 Å². The molecule has 1 atom stereocenters. The second kappa shape index (κ2) is 8.17. The molecule has 1 aliphatic heterocycles. The molecular weight excluding hydrogens is 364 g/mol. The van der Waals surface area contributed by atoms with Gasteiger partial charge in [-0.15, -0.1) is 0 Å². The lowest BCUT2D eigenvalue weighted by Crippen LogP contribution is -2.41. The van der Waals surface area contributed by atoms with E-state index in [9.17, 15) is 4.79 Å². The Hall–Kier alpha value is -2.99. The number of benzene rings is 1. The Balaban J connectivity index is 1.43. The molecule has 0 saturated carbocycles. The highest BCUT2D eigenvalue weighted by Gasteiger charge is 2.18. The predicted molar refractivity (Wildman–Crippen MR) is 114 cm³/mol. The number of anilines is 1. The van der Waals surface area contributed by atoms with Gasteiger partial charge in [-0.3, -0.25) is 9.78 Å². The smallest absolute Gasteiger partial charge is 0.253 e. The Morgan fingerprint density at radius 1 is 1.24 bits per heavy atom. The minimum atomic E-state index is -0.121. The van der Waals surface area contributed by atoms with Crippen molar-refractivity contribution in [3.05, 3.63) is 65.0 Å². The van der Waals surface area contributed by atoms with Gasteiger partial charge in [0.05, 0.1) is 29.5 Å². The van der Waals surface area contributed by atoms with Crippen molar-refractivity contribution >= 4 is 22.6 Å². The number of amides is 1. The van der Waals surface area contributed by atoms with E-state index in [1.807, 2.05) is 56.4 Å². The van der Waals surface area contributed by atoms with Crippen LogP contribution >= 0.6 is 0 Å². The van der Waals surface area contributed by atoms with Crippen LogP contribution in [0.2, 0.25) is 0 Å². The zero-order chi connectivity index (χ0) is 20.4. The summed E-state index contributed by atoms with van der Waals surface area (Å²) in [6, 6.07) is 12.0. The highest BCUT2D eigenvalue weighted by molar-refractivity contribution is 5.98. The van der Waals surface area contributed by atoms with Crippen LogP contribution in [-0.4, -0.2) is 41.7 Å². The molecule has 3 aromatic rings. The fourth-order valence-electron chi connectivity index (χ4n) is 3.63. The van der Waals surface area contributed by atoms with Crippen molar-refractivity contribution in [2.75, 3.05) is 24.6 Å². The summed E-state index contributed by atoms with van der Waals surface area (Å²) < 4.78 is 5.58. The zero-order valence-corrected chi connectivity index (χ0v) is 17.1. The number of fused-ring (bicyclic) bond motifs is 1. The number of aromatic nitrogens is 2. The first-order valence-corrected chi connectivity index (χ1v) is 9.97. The Morgan fingerprint density at radius 2 is 2.10 bits per heavy atom. The summed E-state index contributed by atoms with van der Waals surface area (Å²) in [5, 5.41) is 3.97. The van der Waals surface area contributed by atoms with E-state index in [4.69, 9.17) is 4.74 Å². The third-order valence-corrected chi connectivity index (χ3v) is 5.23. The van der Waals surface area contributed by atoms with Crippen molar-refractivity contribution in [2.45, 2.75) is 33.4 Å².